The molecular formula is C15H13FN2O4. The Morgan fingerprint density at radius 1 is 1.27 bits per heavy atom. The minimum Gasteiger partial charge on any atom is -0.274 e. The first-order chi connectivity index (χ1) is 10.4. The van der Waals surface area contributed by atoms with E-state index in [4.69, 9.17) is 0 Å². The third kappa shape index (κ3) is 2.09. The molecule has 22 heavy (non-hydrogen) atoms. The summed E-state index contributed by atoms with van der Waals surface area (Å²) < 4.78 is 14.0. The van der Waals surface area contributed by atoms with E-state index < -0.39 is 34.4 Å². The third-order valence-corrected chi connectivity index (χ3v) is 4.20. The average molecular weight is 304 g/mol. The van der Waals surface area contributed by atoms with E-state index in [2.05, 4.69) is 0 Å². The Kier molecular flexibility index (Phi) is 3.27. The summed E-state index contributed by atoms with van der Waals surface area (Å²) in [6.07, 6.45) is 2.80. The lowest BCUT2D eigenvalue weighted by Gasteiger charge is -2.18. The van der Waals surface area contributed by atoms with Crippen LogP contribution in [-0.4, -0.2) is 16.7 Å². The zero-order valence-electron chi connectivity index (χ0n) is 11.8. The highest BCUT2D eigenvalue weighted by molar-refractivity contribution is 6.22. The second-order valence-corrected chi connectivity index (χ2v) is 5.61. The van der Waals surface area contributed by atoms with E-state index in [1.807, 2.05) is 13.0 Å². The van der Waals surface area contributed by atoms with Crippen molar-refractivity contribution < 1.29 is 18.9 Å². The molecule has 0 spiro atoms. The average Bonchev–Trinajstić information content (AvgIpc) is 2.71. The van der Waals surface area contributed by atoms with E-state index in [0.717, 1.165) is 28.7 Å². The van der Waals surface area contributed by atoms with Crippen molar-refractivity contribution in [2.75, 3.05) is 4.90 Å². The lowest BCUT2D eigenvalue weighted by Crippen LogP contribution is -2.31. The highest BCUT2D eigenvalue weighted by atomic mass is 19.1. The van der Waals surface area contributed by atoms with Crippen molar-refractivity contribution in [1.29, 1.82) is 0 Å². The fourth-order valence-electron chi connectivity index (χ4n) is 3.06. The Bertz CT molecular complexity index is 728. The predicted molar refractivity (Wildman–Crippen MR) is 75.5 cm³/mol. The molecule has 1 fully saturated rings. The number of amides is 2. The molecule has 1 aliphatic heterocycles. The number of carbonyl (C=O) groups is 2. The van der Waals surface area contributed by atoms with Crippen molar-refractivity contribution >= 4 is 23.2 Å². The maximum atomic E-state index is 14.0. The molecule has 6 nitrogen and oxygen atoms in total. The van der Waals surface area contributed by atoms with E-state index in [1.165, 1.54) is 0 Å². The van der Waals surface area contributed by atoms with Gasteiger partial charge in [0, 0.05) is 12.1 Å². The van der Waals surface area contributed by atoms with Gasteiger partial charge in [0.05, 0.1) is 22.4 Å². The topological polar surface area (TPSA) is 80.5 Å². The van der Waals surface area contributed by atoms with Gasteiger partial charge in [0.25, 0.3) is 5.69 Å². The Morgan fingerprint density at radius 3 is 2.64 bits per heavy atom. The number of nitrogens with zero attached hydrogens (tertiary/aromatic N) is 2. The second-order valence-electron chi connectivity index (χ2n) is 5.61. The first kappa shape index (κ1) is 14.4. The molecule has 1 aliphatic carbocycles. The van der Waals surface area contributed by atoms with Crippen LogP contribution >= 0.6 is 0 Å². The van der Waals surface area contributed by atoms with Crippen molar-refractivity contribution in [1.82, 2.24) is 0 Å². The molecule has 0 radical (unpaired) electrons. The van der Waals surface area contributed by atoms with E-state index in [9.17, 15) is 24.1 Å². The Labute approximate surface area is 125 Å². The lowest BCUT2D eigenvalue weighted by molar-refractivity contribution is -0.384. The molecule has 1 aromatic carbocycles. The molecule has 0 aromatic heterocycles. The van der Waals surface area contributed by atoms with Gasteiger partial charge >= 0.3 is 0 Å². The van der Waals surface area contributed by atoms with Crippen LogP contribution in [0.25, 0.3) is 0 Å². The zero-order valence-corrected chi connectivity index (χ0v) is 11.8. The summed E-state index contributed by atoms with van der Waals surface area (Å²) in [6.45, 7) is 1.88. The zero-order chi connectivity index (χ0) is 16.0. The van der Waals surface area contributed by atoms with Crippen LogP contribution in [0.15, 0.2) is 29.8 Å². The number of rotatable bonds is 2. The summed E-state index contributed by atoms with van der Waals surface area (Å²) in [5.41, 5.74) is 0.321. The third-order valence-electron chi connectivity index (χ3n) is 4.20. The van der Waals surface area contributed by atoms with E-state index in [1.54, 1.807) is 0 Å². The number of allylic oxidation sites excluding steroid dienone is 2. The van der Waals surface area contributed by atoms with Gasteiger partial charge < -0.3 is 0 Å². The van der Waals surface area contributed by atoms with Crippen molar-refractivity contribution in [2.24, 2.45) is 11.8 Å². The van der Waals surface area contributed by atoms with Gasteiger partial charge in [0.15, 0.2) is 0 Å². The SMILES string of the molecule is CC1=CC[C@@H]2C(=O)N(c3cc([N+](=O)[O-])ccc3F)C(=O)[C@@H]2C1. The van der Waals surface area contributed by atoms with Gasteiger partial charge in [-0.05, 0) is 25.8 Å². The highest BCUT2D eigenvalue weighted by Gasteiger charge is 2.49. The van der Waals surface area contributed by atoms with Crippen molar-refractivity contribution in [3.63, 3.8) is 0 Å². The standard InChI is InChI=1S/C15H13FN2O4/c1-8-2-4-10-11(6-8)15(20)17(14(10)19)13-7-9(18(21)22)3-5-12(13)16/h2-3,5,7,10-11H,4,6H2,1H3/t10-,11+/m0/s1. The minimum atomic E-state index is -0.823. The quantitative estimate of drug-likeness (QED) is 0.364. The Hall–Kier alpha value is -2.57. The molecule has 2 amide bonds. The minimum absolute atomic E-state index is 0.337. The number of hydrogen-bond acceptors (Lipinski definition) is 4. The summed E-state index contributed by atoms with van der Waals surface area (Å²) in [7, 11) is 0. The first-order valence-corrected chi connectivity index (χ1v) is 6.87. The summed E-state index contributed by atoms with van der Waals surface area (Å²) in [4.78, 5) is 35.8. The fourth-order valence-corrected chi connectivity index (χ4v) is 3.06. The molecule has 1 heterocycles. The predicted octanol–water partition coefficient (Wildman–Crippen LogP) is 2.58. The van der Waals surface area contributed by atoms with Crippen molar-refractivity contribution in [3.8, 4) is 0 Å². The van der Waals surface area contributed by atoms with Crippen LogP contribution < -0.4 is 4.90 Å². The van der Waals surface area contributed by atoms with Crippen LogP contribution in [0, 0.1) is 27.8 Å². The Morgan fingerprint density at radius 2 is 1.95 bits per heavy atom. The number of fused-ring (bicyclic) bond motifs is 1. The number of anilines is 1. The van der Waals surface area contributed by atoms with Gasteiger partial charge in [-0.3, -0.25) is 19.7 Å². The molecule has 0 unspecified atom stereocenters. The molecule has 1 aromatic rings. The summed E-state index contributed by atoms with van der Waals surface area (Å²) in [6, 6.07) is 2.84. The summed E-state index contributed by atoms with van der Waals surface area (Å²) in [5.74, 6) is -2.80. The van der Waals surface area contributed by atoms with E-state index in [-0.39, 0.29) is 11.4 Å². The number of nitro benzene ring substituents is 1. The van der Waals surface area contributed by atoms with Crippen LogP contribution in [0.1, 0.15) is 19.8 Å². The smallest absolute Gasteiger partial charge is 0.271 e. The maximum absolute atomic E-state index is 14.0. The fraction of sp³-hybridized carbons (Fsp3) is 0.333. The van der Waals surface area contributed by atoms with Crippen molar-refractivity contribution in [2.45, 2.75) is 19.8 Å². The molecule has 0 bridgehead atoms. The van der Waals surface area contributed by atoms with Crippen LogP contribution in [0.3, 0.4) is 0 Å². The molecule has 7 heteroatoms. The van der Waals surface area contributed by atoms with Gasteiger partial charge in [-0.1, -0.05) is 11.6 Å². The molecule has 0 saturated carbocycles. The van der Waals surface area contributed by atoms with Gasteiger partial charge in [-0.15, -0.1) is 0 Å². The van der Waals surface area contributed by atoms with Gasteiger partial charge in [-0.2, -0.15) is 0 Å². The van der Waals surface area contributed by atoms with Crippen LogP contribution in [-0.2, 0) is 9.59 Å². The number of non-ortho nitro benzene ring substituents is 1. The van der Waals surface area contributed by atoms with Gasteiger partial charge in [0.1, 0.15) is 5.82 Å². The highest BCUT2D eigenvalue weighted by Crippen LogP contribution is 2.40. The van der Waals surface area contributed by atoms with Crippen LogP contribution in [0.5, 0.6) is 0 Å². The molecule has 1 saturated heterocycles. The van der Waals surface area contributed by atoms with Gasteiger partial charge in [-0.25, -0.2) is 9.29 Å². The molecule has 114 valence electrons. The molecule has 3 rings (SSSR count). The number of halogens is 1. The van der Waals surface area contributed by atoms with Crippen molar-refractivity contribution in [3.05, 3.63) is 45.8 Å². The van der Waals surface area contributed by atoms with E-state index >= 15 is 0 Å². The number of nitro groups is 1. The lowest BCUT2D eigenvalue weighted by atomic mass is 9.82. The van der Waals surface area contributed by atoms with E-state index in [0.29, 0.717) is 12.8 Å². The molecular weight excluding hydrogens is 291 g/mol. The largest absolute Gasteiger partial charge is 0.274 e. The maximum Gasteiger partial charge on any atom is 0.271 e. The van der Waals surface area contributed by atoms with Crippen LogP contribution in [0.2, 0.25) is 0 Å². The number of benzene rings is 1. The molecule has 2 atom stereocenters. The van der Waals surface area contributed by atoms with Gasteiger partial charge in [0.2, 0.25) is 11.8 Å². The summed E-state index contributed by atoms with van der Waals surface area (Å²) in [5, 5.41) is 10.8. The molecule has 2 aliphatic rings. The normalized spacial score (nSPS) is 24.3. The number of imide groups is 1. The number of hydrogen-bond donors (Lipinski definition) is 0. The first-order valence-electron chi connectivity index (χ1n) is 6.87. The van der Waals surface area contributed by atoms with Crippen LogP contribution in [0.4, 0.5) is 15.8 Å². The number of carbonyl (C=O) groups excluding carboxylic acids is 2. The second kappa shape index (κ2) is 5.01. The Balaban J connectivity index is 2.03. The summed E-state index contributed by atoms with van der Waals surface area (Å²) >= 11 is 0. The monoisotopic (exact) mass is 304 g/mol. The molecule has 0 N–H and O–H groups in total.